The maximum absolute atomic E-state index is 6.09. The van der Waals surface area contributed by atoms with Crippen LogP contribution in [0, 0.1) is 0 Å². The highest BCUT2D eigenvalue weighted by Gasteiger charge is 2.35. The smallest absolute Gasteiger partial charge is 0.225 e. The Morgan fingerprint density at radius 1 is 1.04 bits per heavy atom. The minimum Gasteiger partial charge on any atom is -0.375 e. The highest BCUT2D eigenvalue weighted by molar-refractivity contribution is 5.28. The Kier molecular flexibility index (Phi) is 4.66. The largest absolute Gasteiger partial charge is 0.375 e. The lowest BCUT2D eigenvalue weighted by Crippen LogP contribution is -2.50. The summed E-state index contributed by atoms with van der Waals surface area (Å²) in [6.07, 6.45) is 9.80. The molecular formula is C18H23N5O. The van der Waals surface area contributed by atoms with Crippen LogP contribution < -0.4 is 4.90 Å². The molecule has 0 bridgehead atoms. The summed E-state index contributed by atoms with van der Waals surface area (Å²) in [5, 5.41) is 0. The van der Waals surface area contributed by atoms with E-state index in [1.807, 2.05) is 36.9 Å². The van der Waals surface area contributed by atoms with Crippen LogP contribution in [0.3, 0.4) is 0 Å². The van der Waals surface area contributed by atoms with Gasteiger partial charge in [0.2, 0.25) is 5.95 Å². The molecular weight excluding hydrogens is 302 g/mol. The van der Waals surface area contributed by atoms with Crippen LogP contribution in [-0.4, -0.2) is 58.2 Å². The van der Waals surface area contributed by atoms with Crippen LogP contribution in [0.15, 0.2) is 43.0 Å². The molecule has 126 valence electrons. The van der Waals surface area contributed by atoms with Crippen molar-refractivity contribution in [3.63, 3.8) is 0 Å². The molecule has 24 heavy (non-hydrogen) atoms. The molecule has 2 unspecified atom stereocenters. The van der Waals surface area contributed by atoms with E-state index in [4.69, 9.17) is 4.74 Å². The van der Waals surface area contributed by atoms with Gasteiger partial charge in [0.05, 0.1) is 12.7 Å². The lowest BCUT2D eigenvalue weighted by atomic mass is 10.0. The summed E-state index contributed by atoms with van der Waals surface area (Å²) in [6.45, 7) is 4.66. The van der Waals surface area contributed by atoms with E-state index >= 15 is 0 Å². The van der Waals surface area contributed by atoms with Crippen LogP contribution >= 0.6 is 0 Å². The summed E-state index contributed by atoms with van der Waals surface area (Å²) in [6, 6.07) is 6.47. The van der Waals surface area contributed by atoms with Crippen LogP contribution in [0.2, 0.25) is 0 Å². The van der Waals surface area contributed by atoms with Crippen molar-refractivity contribution in [2.75, 3.05) is 31.1 Å². The molecule has 0 amide bonds. The lowest BCUT2D eigenvalue weighted by Gasteiger charge is -2.40. The SMILES string of the molecule is c1cnc(N2CCC3OCCN(Cc4cccnc4)C3CC2)nc1. The second kappa shape index (κ2) is 7.23. The van der Waals surface area contributed by atoms with Crippen molar-refractivity contribution in [3.05, 3.63) is 48.5 Å². The predicted octanol–water partition coefficient (Wildman–Crippen LogP) is 1.74. The standard InChI is InChI=1S/C18H23N5O/c1-3-15(13-19-6-1)14-23-11-12-24-17-5-10-22(9-4-16(17)23)18-20-7-2-8-21-18/h1-3,6-8,13,16-17H,4-5,9-12,14H2. The first-order chi connectivity index (χ1) is 11.9. The van der Waals surface area contributed by atoms with Gasteiger partial charge in [-0.25, -0.2) is 9.97 Å². The maximum atomic E-state index is 6.09. The minimum absolute atomic E-state index is 0.295. The summed E-state index contributed by atoms with van der Waals surface area (Å²) in [4.78, 5) is 17.9. The van der Waals surface area contributed by atoms with E-state index in [0.29, 0.717) is 12.1 Å². The molecule has 4 heterocycles. The van der Waals surface area contributed by atoms with Gasteiger partial charge in [-0.2, -0.15) is 0 Å². The maximum Gasteiger partial charge on any atom is 0.225 e. The molecule has 0 aliphatic carbocycles. The normalized spacial score (nSPS) is 25.1. The number of fused-ring (bicyclic) bond motifs is 1. The van der Waals surface area contributed by atoms with Crippen molar-refractivity contribution in [2.45, 2.75) is 31.5 Å². The van der Waals surface area contributed by atoms with E-state index in [1.165, 1.54) is 5.56 Å². The fraction of sp³-hybridized carbons (Fsp3) is 0.500. The summed E-state index contributed by atoms with van der Waals surface area (Å²) in [5.74, 6) is 0.829. The van der Waals surface area contributed by atoms with Gasteiger partial charge in [-0.1, -0.05) is 6.07 Å². The molecule has 0 radical (unpaired) electrons. The molecule has 2 aromatic heterocycles. The second-order valence-corrected chi connectivity index (χ2v) is 6.42. The molecule has 0 saturated carbocycles. The minimum atomic E-state index is 0.295. The number of nitrogens with zero attached hydrogens (tertiary/aromatic N) is 5. The molecule has 0 aromatic carbocycles. The van der Waals surface area contributed by atoms with Gasteiger partial charge in [0.15, 0.2) is 0 Å². The van der Waals surface area contributed by atoms with E-state index in [0.717, 1.165) is 51.6 Å². The Hall–Kier alpha value is -2.05. The Bertz CT molecular complexity index is 638. The van der Waals surface area contributed by atoms with Gasteiger partial charge < -0.3 is 9.64 Å². The summed E-state index contributed by atoms with van der Waals surface area (Å²) in [5.41, 5.74) is 1.27. The fourth-order valence-corrected chi connectivity index (χ4v) is 3.74. The first kappa shape index (κ1) is 15.5. The number of anilines is 1. The van der Waals surface area contributed by atoms with Crippen LogP contribution in [0.25, 0.3) is 0 Å². The van der Waals surface area contributed by atoms with Gasteiger partial charge >= 0.3 is 0 Å². The predicted molar refractivity (Wildman–Crippen MR) is 91.7 cm³/mol. The molecule has 0 N–H and O–H groups in total. The van der Waals surface area contributed by atoms with Crippen molar-refractivity contribution in [3.8, 4) is 0 Å². The number of hydrogen-bond donors (Lipinski definition) is 0. The second-order valence-electron chi connectivity index (χ2n) is 6.42. The van der Waals surface area contributed by atoms with Crippen molar-refractivity contribution in [1.82, 2.24) is 19.9 Å². The average molecular weight is 325 g/mol. The molecule has 2 aliphatic rings. The van der Waals surface area contributed by atoms with Gasteiger partial charge in [-0.15, -0.1) is 0 Å². The topological polar surface area (TPSA) is 54.4 Å². The third kappa shape index (κ3) is 3.39. The molecule has 4 rings (SSSR count). The van der Waals surface area contributed by atoms with Crippen molar-refractivity contribution in [1.29, 1.82) is 0 Å². The van der Waals surface area contributed by atoms with E-state index in [1.54, 1.807) is 0 Å². The molecule has 2 fully saturated rings. The molecule has 6 heteroatoms. The number of pyridine rings is 1. The van der Waals surface area contributed by atoms with Crippen LogP contribution in [0.1, 0.15) is 18.4 Å². The average Bonchev–Trinajstić information content (AvgIpc) is 2.87. The first-order valence-corrected chi connectivity index (χ1v) is 8.67. The number of aromatic nitrogens is 3. The Morgan fingerprint density at radius 3 is 2.75 bits per heavy atom. The summed E-state index contributed by atoms with van der Waals surface area (Å²) in [7, 11) is 0. The Morgan fingerprint density at radius 2 is 1.92 bits per heavy atom. The Labute approximate surface area is 142 Å². The zero-order valence-corrected chi connectivity index (χ0v) is 13.8. The number of hydrogen-bond acceptors (Lipinski definition) is 6. The number of ether oxygens (including phenoxy) is 1. The first-order valence-electron chi connectivity index (χ1n) is 8.67. The van der Waals surface area contributed by atoms with Crippen molar-refractivity contribution >= 4 is 5.95 Å². The zero-order valence-electron chi connectivity index (χ0n) is 13.8. The van der Waals surface area contributed by atoms with E-state index in [9.17, 15) is 0 Å². The monoisotopic (exact) mass is 325 g/mol. The van der Waals surface area contributed by atoms with Gasteiger partial charge in [-0.05, 0) is 30.5 Å². The van der Waals surface area contributed by atoms with Crippen LogP contribution in [0.5, 0.6) is 0 Å². The molecule has 2 aromatic rings. The summed E-state index contributed by atoms with van der Waals surface area (Å²) < 4.78 is 6.09. The number of morpholine rings is 1. The quantitative estimate of drug-likeness (QED) is 0.857. The molecule has 0 spiro atoms. The van der Waals surface area contributed by atoms with Crippen LogP contribution in [-0.2, 0) is 11.3 Å². The molecule has 2 atom stereocenters. The highest BCUT2D eigenvalue weighted by atomic mass is 16.5. The van der Waals surface area contributed by atoms with E-state index in [2.05, 4.69) is 30.8 Å². The van der Waals surface area contributed by atoms with Gasteiger partial charge in [0, 0.05) is 57.0 Å². The third-order valence-corrected chi connectivity index (χ3v) is 4.93. The van der Waals surface area contributed by atoms with Gasteiger partial charge in [-0.3, -0.25) is 9.88 Å². The zero-order chi connectivity index (χ0) is 16.2. The summed E-state index contributed by atoms with van der Waals surface area (Å²) >= 11 is 0. The highest BCUT2D eigenvalue weighted by Crippen LogP contribution is 2.26. The van der Waals surface area contributed by atoms with Gasteiger partial charge in [0.1, 0.15) is 0 Å². The van der Waals surface area contributed by atoms with Crippen LogP contribution in [0.4, 0.5) is 5.95 Å². The third-order valence-electron chi connectivity index (χ3n) is 4.93. The Balaban J connectivity index is 1.46. The molecule has 2 aliphatic heterocycles. The lowest BCUT2D eigenvalue weighted by molar-refractivity contribution is -0.0746. The van der Waals surface area contributed by atoms with Crippen molar-refractivity contribution in [2.24, 2.45) is 0 Å². The van der Waals surface area contributed by atoms with E-state index < -0.39 is 0 Å². The molecule has 6 nitrogen and oxygen atoms in total. The van der Waals surface area contributed by atoms with Gasteiger partial charge in [0.25, 0.3) is 0 Å². The fourth-order valence-electron chi connectivity index (χ4n) is 3.74. The van der Waals surface area contributed by atoms with E-state index in [-0.39, 0.29) is 0 Å². The van der Waals surface area contributed by atoms with Crippen molar-refractivity contribution < 1.29 is 4.74 Å². The number of rotatable bonds is 3. The molecule has 2 saturated heterocycles.